The first-order chi connectivity index (χ1) is 11.2. The van der Waals surface area contributed by atoms with Crippen molar-refractivity contribution in [2.24, 2.45) is 11.7 Å². The minimum absolute atomic E-state index is 0.485. The van der Waals surface area contributed by atoms with Crippen LogP contribution in [-0.4, -0.2) is 6.54 Å². The summed E-state index contributed by atoms with van der Waals surface area (Å²) in [6.45, 7) is 0.790. The van der Waals surface area contributed by atoms with Gasteiger partial charge in [-0.2, -0.15) is 0 Å². The van der Waals surface area contributed by atoms with E-state index in [2.05, 4.69) is 35.7 Å². The van der Waals surface area contributed by atoms with Crippen molar-refractivity contribution >= 4 is 11.4 Å². The summed E-state index contributed by atoms with van der Waals surface area (Å²) in [5, 5.41) is 3.45. The van der Waals surface area contributed by atoms with Crippen LogP contribution in [0.2, 0.25) is 0 Å². The summed E-state index contributed by atoms with van der Waals surface area (Å²) in [6, 6.07) is 18.4. The van der Waals surface area contributed by atoms with Crippen LogP contribution in [0.25, 0.3) is 0 Å². The largest absolute Gasteiger partial charge is 0.399 e. The molecule has 3 nitrogen and oxygen atoms in total. The summed E-state index contributed by atoms with van der Waals surface area (Å²) in [5.41, 5.74) is 17.3. The lowest BCUT2D eigenvalue weighted by Crippen LogP contribution is -2.17. The molecular weight excluding hydrogens is 282 g/mol. The number of para-hydroxylation sites is 1. The van der Waals surface area contributed by atoms with Gasteiger partial charge in [0.1, 0.15) is 0 Å². The van der Waals surface area contributed by atoms with Gasteiger partial charge in [-0.25, -0.2) is 0 Å². The molecule has 0 saturated carbocycles. The standard InChI is InChI=1S/C20H23N3/c21-18-9-6-15(7-10-18)12-16-8-11-20(22)17(13-16)14-23-19-4-2-1-3-5-19/h1-11,16,23H,12-14,21-22H2. The van der Waals surface area contributed by atoms with Crippen LogP contribution in [0.5, 0.6) is 0 Å². The van der Waals surface area contributed by atoms with Gasteiger partial charge in [-0.05, 0) is 60.2 Å². The fourth-order valence-electron chi connectivity index (χ4n) is 2.90. The Balaban J connectivity index is 1.60. The molecule has 0 heterocycles. The Morgan fingerprint density at radius 3 is 2.43 bits per heavy atom. The molecule has 118 valence electrons. The summed E-state index contributed by atoms with van der Waals surface area (Å²) in [5.74, 6) is 0.485. The van der Waals surface area contributed by atoms with Gasteiger partial charge in [0.2, 0.25) is 0 Å². The molecule has 3 heteroatoms. The number of nitrogen functional groups attached to an aromatic ring is 1. The van der Waals surface area contributed by atoms with E-state index in [1.54, 1.807) is 0 Å². The quantitative estimate of drug-likeness (QED) is 0.738. The highest BCUT2D eigenvalue weighted by Gasteiger charge is 2.15. The van der Waals surface area contributed by atoms with Crippen molar-refractivity contribution in [3.63, 3.8) is 0 Å². The number of benzene rings is 2. The number of allylic oxidation sites excluding steroid dienone is 2. The fraction of sp³-hybridized carbons (Fsp3) is 0.200. The van der Waals surface area contributed by atoms with E-state index in [1.165, 1.54) is 11.1 Å². The summed E-state index contributed by atoms with van der Waals surface area (Å²) in [4.78, 5) is 0. The van der Waals surface area contributed by atoms with Crippen molar-refractivity contribution in [1.82, 2.24) is 0 Å². The molecule has 0 fully saturated rings. The second-order valence-electron chi connectivity index (χ2n) is 6.05. The van der Waals surface area contributed by atoms with E-state index in [0.29, 0.717) is 5.92 Å². The van der Waals surface area contributed by atoms with E-state index in [1.807, 2.05) is 36.4 Å². The highest BCUT2D eigenvalue weighted by molar-refractivity contribution is 5.45. The van der Waals surface area contributed by atoms with Gasteiger partial charge in [-0.3, -0.25) is 0 Å². The monoisotopic (exact) mass is 305 g/mol. The molecule has 3 rings (SSSR count). The smallest absolute Gasteiger partial charge is 0.0383 e. The lowest BCUT2D eigenvalue weighted by molar-refractivity contribution is 0.622. The van der Waals surface area contributed by atoms with Crippen molar-refractivity contribution in [3.05, 3.63) is 83.6 Å². The first-order valence-corrected chi connectivity index (χ1v) is 8.00. The molecule has 5 N–H and O–H groups in total. The van der Waals surface area contributed by atoms with Gasteiger partial charge in [-0.1, -0.05) is 36.4 Å². The van der Waals surface area contributed by atoms with E-state index < -0.39 is 0 Å². The lowest BCUT2D eigenvalue weighted by atomic mass is 9.87. The molecule has 23 heavy (non-hydrogen) atoms. The molecule has 0 saturated heterocycles. The van der Waals surface area contributed by atoms with Crippen LogP contribution in [0.4, 0.5) is 11.4 Å². The Hall–Kier alpha value is -2.68. The van der Waals surface area contributed by atoms with Crippen molar-refractivity contribution in [1.29, 1.82) is 0 Å². The molecule has 0 spiro atoms. The Labute approximate surface area is 137 Å². The SMILES string of the molecule is NC1=C(CNc2ccccc2)CC(Cc2ccc(N)cc2)C=C1. The first kappa shape index (κ1) is 15.2. The molecule has 0 aromatic heterocycles. The van der Waals surface area contributed by atoms with E-state index in [4.69, 9.17) is 11.5 Å². The summed E-state index contributed by atoms with van der Waals surface area (Å²) < 4.78 is 0. The topological polar surface area (TPSA) is 64.1 Å². The Kier molecular flexibility index (Phi) is 4.67. The average molecular weight is 305 g/mol. The van der Waals surface area contributed by atoms with Crippen LogP contribution in [0, 0.1) is 5.92 Å². The maximum Gasteiger partial charge on any atom is 0.0383 e. The molecule has 1 atom stereocenters. The van der Waals surface area contributed by atoms with E-state index in [0.717, 1.165) is 36.5 Å². The van der Waals surface area contributed by atoms with Crippen LogP contribution < -0.4 is 16.8 Å². The molecule has 1 aliphatic rings. The summed E-state index contributed by atoms with van der Waals surface area (Å²) >= 11 is 0. The highest BCUT2D eigenvalue weighted by atomic mass is 14.9. The molecule has 1 aliphatic carbocycles. The van der Waals surface area contributed by atoms with Crippen molar-refractivity contribution in [2.45, 2.75) is 12.8 Å². The summed E-state index contributed by atoms with van der Waals surface area (Å²) in [6.07, 6.45) is 6.27. The second kappa shape index (κ2) is 7.05. The fourth-order valence-corrected chi connectivity index (χ4v) is 2.90. The number of nitrogens with two attached hydrogens (primary N) is 2. The second-order valence-corrected chi connectivity index (χ2v) is 6.05. The number of anilines is 2. The van der Waals surface area contributed by atoms with Gasteiger partial charge in [0.15, 0.2) is 0 Å². The van der Waals surface area contributed by atoms with E-state index >= 15 is 0 Å². The van der Waals surface area contributed by atoms with Crippen LogP contribution in [0.1, 0.15) is 12.0 Å². The maximum absolute atomic E-state index is 6.15. The average Bonchev–Trinajstić information content (AvgIpc) is 2.58. The van der Waals surface area contributed by atoms with Crippen molar-refractivity contribution in [3.8, 4) is 0 Å². The zero-order valence-corrected chi connectivity index (χ0v) is 13.2. The Morgan fingerprint density at radius 2 is 1.70 bits per heavy atom. The van der Waals surface area contributed by atoms with Gasteiger partial charge in [0.25, 0.3) is 0 Å². The Morgan fingerprint density at radius 1 is 0.957 bits per heavy atom. The molecule has 0 aliphatic heterocycles. The predicted octanol–water partition coefficient (Wildman–Crippen LogP) is 3.71. The number of rotatable bonds is 5. The molecule has 2 aromatic rings. The number of hydrogen-bond donors (Lipinski definition) is 3. The van der Waals surface area contributed by atoms with Gasteiger partial charge < -0.3 is 16.8 Å². The maximum atomic E-state index is 6.15. The minimum atomic E-state index is 0.485. The first-order valence-electron chi connectivity index (χ1n) is 8.00. The Bertz CT molecular complexity index is 699. The van der Waals surface area contributed by atoms with Crippen LogP contribution >= 0.6 is 0 Å². The third-order valence-corrected chi connectivity index (χ3v) is 4.22. The summed E-state index contributed by atoms with van der Waals surface area (Å²) in [7, 11) is 0. The molecule has 0 amide bonds. The predicted molar refractivity (Wildman–Crippen MR) is 98.0 cm³/mol. The normalized spacial score (nSPS) is 17.3. The zero-order chi connectivity index (χ0) is 16.1. The van der Waals surface area contributed by atoms with E-state index in [-0.39, 0.29) is 0 Å². The minimum Gasteiger partial charge on any atom is -0.399 e. The third kappa shape index (κ3) is 4.16. The number of nitrogens with one attached hydrogen (secondary N) is 1. The van der Waals surface area contributed by atoms with Crippen LogP contribution in [-0.2, 0) is 6.42 Å². The van der Waals surface area contributed by atoms with Gasteiger partial charge in [0, 0.05) is 23.6 Å². The molecule has 2 aromatic carbocycles. The van der Waals surface area contributed by atoms with Crippen molar-refractivity contribution in [2.75, 3.05) is 17.6 Å². The van der Waals surface area contributed by atoms with Gasteiger partial charge in [0.05, 0.1) is 0 Å². The van der Waals surface area contributed by atoms with Gasteiger partial charge >= 0.3 is 0 Å². The van der Waals surface area contributed by atoms with Gasteiger partial charge in [-0.15, -0.1) is 0 Å². The lowest BCUT2D eigenvalue weighted by Gasteiger charge is -2.22. The number of hydrogen-bond acceptors (Lipinski definition) is 3. The molecule has 0 radical (unpaired) electrons. The molecule has 0 bridgehead atoms. The third-order valence-electron chi connectivity index (χ3n) is 4.22. The molecule has 1 unspecified atom stereocenters. The van der Waals surface area contributed by atoms with E-state index in [9.17, 15) is 0 Å². The highest BCUT2D eigenvalue weighted by Crippen LogP contribution is 2.25. The zero-order valence-electron chi connectivity index (χ0n) is 13.2. The van der Waals surface area contributed by atoms with Crippen molar-refractivity contribution < 1.29 is 0 Å². The molecular formula is C20H23N3. The van der Waals surface area contributed by atoms with Crippen LogP contribution in [0.3, 0.4) is 0 Å². The van der Waals surface area contributed by atoms with Crippen LogP contribution in [0.15, 0.2) is 78.0 Å².